The zero-order valence-corrected chi connectivity index (χ0v) is 16.1. The first-order valence-electron chi connectivity index (χ1n) is 7.80. The Bertz CT molecular complexity index is 1010. The number of imide groups is 1. The summed E-state index contributed by atoms with van der Waals surface area (Å²) in [5.74, 6) is -9.20. The predicted molar refractivity (Wildman–Crippen MR) is 94.1 cm³/mol. The topological polar surface area (TPSA) is 58.2 Å². The lowest BCUT2D eigenvalue weighted by Gasteiger charge is -2.24. The number of hydrogen-bond acceptors (Lipinski definition) is 2. The van der Waals surface area contributed by atoms with Gasteiger partial charge in [-0.05, 0) is 24.3 Å². The molecule has 0 aliphatic rings. The third-order valence-electron chi connectivity index (χ3n) is 3.69. The van der Waals surface area contributed by atoms with Crippen LogP contribution in [0.25, 0.3) is 0 Å². The molecule has 1 unspecified atom stereocenters. The fourth-order valence-electron chi connectivity index (χ4n) is 2.27. The molecule has 2 aromatic carbocycles. The Morgan fingerprint density at radius 1 is 0.935 bits per heavy atom. The van der Waals surface area contributed by atoms with Gasteiger partial charge in [0.1, 0.15) is 17.2 Å². The van der Waals surface area contributed by atoms with Gasteiger partial charge in [-0.3, -0.25) is 10.1 Å². The molecule has 0 heterocycles. The molecule has 31 heavy (non-hydrogen) atoms. The van der Waals surface area contributed by atoms with Crippen molar-refractivity contribution in [3.8, 4) is 0 Å². The maximum atomic E-state index is 13.9. The molecule has 0 fully saturated rings. The van der Waals surface area contributed by atoms with E-state index in [4.69, 9.17) is 23.2 Å². The van der Waals surface area contributed by atoms with Crippen molar-refractivity contribution in [3.05, 3.63) is 63.1 Å². The Kier molecular flexibility index (Phi) is 7.06. The molecule has 168 valence electrons. The molecule has 0 spiro atoms. The molecule has 4 nitrogen and oxygen atoms in total. The van der Waals surface area contributed by atoms with Crippen molar-refractivity contribution >= 4 is 40.8 Å². The molecular weight excluding hydrogens is 487 g/mol. The first kappa shape index (κ1) is 24.7. The molecule has 3 amide bonds. The molecule has 14 heteroatoms. The van der Waals surface area contributed by atoms with Crippen molar-refractivity contribution in [3.63, 3.8) is 0 Å². The maximum Gasteiger partial charge on any atom is 0.426 e. The van der Waals surface area contributed by atoms with Crippen molar-refractivity contribution in [2.45, 2.75) is 18.3 Å². The minimum atomic E-state index is -5.90. The first-order valence-corrected chi connectivity index (χ1v) is 8.56. The fourth-order valence-corrected chi connectivity index (χ4v) is 2.77. The molecule has 0 bridgehead atoms. The van der Waals surface area contributed by atoms with E-state index in [2.05, 4.69) is 0 Å². The van der Waals surface area contributed by atoms with Gasteiger partial charge in [0.2, 0.25) is 0 Å². The van der Waals surface area contributed by atoms with Gasteiger partial charge in [0, 0.05) is 5.56 Å². The molecule has 2 rings (SSSR count). The van der Waals surface area contributed by atoms with Crippen LogP contribution in [0.2, 0.25) is 10.0 Å². The maximum absolute atomic E-state index is 13.9. The third-order valence-corrected chi connectivity index (χ3v) is 4.31. The SMILES string of the molecule is O=C(NC(=O)c1c(F)cccc1F)Nc1cc(Cl)c(C(F)(F)C(F)C(F)(F)F)cc1Cl. The number of carbonyl (C=O) groups is 2. The van der Waals surface area contributed by atoms with E-state index in [0.717, 1.165) is 18.2 Å². The lowest BCUT2D eigenvalue weighted by Crippen LogP contribution is -2.39. The summed E-state index contributed by atoms with van der Waals surface area (Å²) < 4.78 is 105. The molecule has 0 saturated heterocycles. The number of urea groups is 1. The van der Waals surface area contributed by atoms with Crippen molar-refractivity contribution < 1.29 is 44.7 Å². The van der Waals surface area contributed by atoms with E-state index in [0.29, 0.717) is 6.07 Å². The molecule has 0 radical (unpaired) electrons. The van der Waals surface area contributed by atoms with Gasteiger partial charge in [-0.15, -0.1) is 0 Å². The molecule has 0 aliphatic carbocycles. The van der Waals surface area contributed by atoms with Crippen molar-refractivity contribution in [1.82, 2.24) is 5.32 Å². The standard InChI is InChI=1S/C17H8Cl2F8N2O2/c18-7-5-11(8(19)4-6(7)16(23,24)14(22)17(25,26)27)28-15(31)29-13(30)12-9(20)2-1-3-10(12)21/h1-5,14H,(H2,28,29,30,31). The first-order chi connectivity index (χ1) is 14.2. The number of rotatable bonds is 4. The van der Waals surface area contributed by atoms with Crippen molar-refractivity contribution in [1.29, 1.82) is 0 Å². The molecule has 2 aromatic rings. The summed E-state index contributed by atoms with van der Waals surface area (Å²) in [6.07, 6.45) is -10.5. The van der Waals surface area contributed by atoms with Crippen LogP contribution in [0.4, 0.5) is 45.6 Å². The van der Waals surface area contributed by atoms with Gasteiger partial charge in [-0.1, -0.05) is 29.3 Å². The minimum absolute atomic E-state index is 0.191. The van der Waals surface area contributed by atoms with Gasteiger partial charge in [0.05, 0.1) is 15.7 Å². The van der Waals surface area contributed by atoms with Crippen LogP contribution < -0.4 is 10.6 Å². The van der Waals surface area contributed by atoms with Gasteiger partial charge in [0.25, 0.3) is 12.1 Å². The van der Waals surface area contributed by atoms with E-state index in [1.807, 2.05) is 5.32 Å². The highest BCUT2D eigenvalue weighted by Crippen LogP contribution is 2.46. The van der Waals surface area contributed by atoms with Crippen LogP contribution in [0.5, 0.6) is 0 Å². The summed E-state index contributed by atoms with van der Waals surface area (Å²) in [6.45, 7) is 0. The van der Waals surface area contributed by atoms with Crippen molar-refractivity contribution in [2.24, 2.45) is 0 Å². The van der Waals surface area contributed by atoms with E-state index in [1.54, 1.807) is 0 Å². The monoisotopic (exact) mass is 494 g/mol. The van der Waals surface area contributed by atoms with E-state index < -0.39 is 68.7 Å². The van der Waals surface area contributed by atoms with Gasteiger partial charge < -0.3 is 5.32 Å². The second kappa shape index (κ2) is 8.87. The number of halogens is 10. The molecule has 0 aromatic heterocycles. The fraction of sp³-hybridized carbons (Fsp3) is 0.176. The molecular formula is C17H8Cl2F8N2O2. The van der Waals surface area contributed by atoms with E-state index in [1.165, 1.54) is 5.32 Å². The van der Waals surface area contributed by atoms with Gasteiger partial charge >= 0.3 is 18.1 Å². The van der Waals surface area contributed by atoms with Crippen LogP contribution in [0.15, 0.2) is 30.3 Å². The number of nitrogens with one attached hydrogen (secondary N) is 2. The summed E-state index contributed by atoms with van der Waals surface area (Å²) in [5, 5.41) is 1.47. The van der Waals surface area contributed by atoms with Crippen LogP contribution in [0.1, 0.15) is 15.9 Å². The second-order valence-electron chi connectivity index (χ2n) is 5.84. The van der Waals surface area contributed by atoms with E-state index in [9.17, 15) is 44.7 Å². The number of alkyl halides is 6. The highest BCUT2D eigenvalue weighted by atomic mass is 35.5. The smallest absolute Gasteiger partial charge is 0.306 e. The van der Waals surface area contributed by atoms with Crippen LogP contribution in [0.3, 0.4) is 0 Å². The summed E-state index contributed by atoms with van der Waals surface area (Å²) >= 11 is 11.1. The number of anilines is 1. The molecule has 2 N–H and O–H groups in total. The number of carbonyl (C=O) groups excluding carboxylic acids is 2. The Morgan fingerprint density at radius 3 is 2.00 bits per heavy atom. The highest BCUT2D eigenvalue weighted by Gasteiger charge is 2.58. The van der Waals surface area contributed by atoms with Gasteiger partial charge in [-0.2, -0.15) is 22.0 Å². The van der Waals surface area contributed by atoms with E-state index in [-0.39, 0.29) is 6.07 Å². The van der Waals surface area contributed by atoms with Crippen molar-refractivity contribution in [2.75, 3.05) is 5.32 Å². The Hall–Kier alpha value is -2.60. The van der Waals surface area contributed by atoms with Crippen LogP contribution in [0, 0.1) is 11.6 Å². The lowest BCUT2D eigenvalue weighted by atomic mass is 10.0. The Morgan fingerprint density at radius 2 is 1.48 bits per heavy atom. The Balaban J connectivity index is 2.24. The number of benzene rings is 2. The summed E-state index contributed by atoms with van der Waals surface area (Å²) in [5.41, 5.74) is -3.29. The largest absolute Gasteiger partial charge is 0.426 e. The van der Waals surface area contributed by atoms with Gasteiger partial charge in [-0.25, -0.2) is 18.0 Å². The normalized spacial score (nSPS) is 13.0. The van der Waals surface area contributed by atoms with Gasteiger partial charge in [0.15, 0.2) is 0 Å². The average molecular weight is 495 g/mol. The Labute approximate surface area is 178 Å². The quantitative estimate of drug-likeness (QED) is 0.495. The number of amides is 3. The summed E-state index contributed by atoms with van der Waals surface area (Å²) in [6, 6.07) is 1.67. The molecule has 1 atom stereocenters. The van der Waals surface area contributed by atoms with E-state index >= 15 is 0 Å². The second-order valence-corrected chi connectivity index (χ2v) is 6.66. The molecule has 0 aliphatic heterocycles. The predicted octanol–water partition coefficient (Wildman–Crippen LogP) is 6.23. The highest BCUT2D eigenvalue weighted by molar-refractivity contribution is 6.36. The summed E-state index contributed by atoms with van der Waals surface area (Å²) in [7, 11) is 0. The zero-order chi connectivity index (χ0) is 23.7. The third kappa shape index (κ3) is 5.37. The summed E-state index contributed by atoms with van der Waals surface area (Å²) in [4.78, 5) is 23.7. The lowest BCUT2D eigenvalue weighted by molar-refractivity contribution is -0.248. The zero-order valence-electron chi connectivity index (χ0n) is 14.6. The number of hydrogen-bond donors (Lipinski definition) is 2. The van der Waals surface area contributed by atoms with Crippen LogP contribution in [-0.2, 0) is 5.92 Å². The molecule has 0 saturated carbocycles. The average Bonchev–Trinajstić information content (AvgIpc) is 2.62. The minimum Gasteiger partial charge on any atom is -0.306 e. The van der Waals surface area contributed by atoms with Crippen LogP contribution >= 0.6 is 23.2 Å². The van der Waals surface area contributed by atoms with Crippen LogP contribution in [-0.4, -0.2) is 24.3 Å².